The first-order valence-corrected chi connectivity index (χ1v) is 10.6. The van der Waals surface area contributed by atoms with Crippen molar-refractivity contribution in [2.45, 2.75) is 25.2 Å². The van der Waals surface area contributed by atoms with Gasteiger partial charge in [0.15, 0.2) is 0 Å². The van der Waals surface area contributed by atoms with Gasteiger partial charge in [-0.05, 0) is 47.9 Å². The molecular weight excluding hydrogens is 447 g/mol. The average Bonchev–Trinajstić information content (AvgIpc) is 3.26. The first-order valence-electron chi connectivity index (χ1n) is 10.6. The van der Waals surface area contributed by atoms with Crippen LogP contribution < -0.4 is 10.1 Å². The Morgan fingerprint density at radius 2 is 1.79 bits per heavy atom. The lowest BCUT2D eigenvalue weighted by Gasteiger charge is -2.20. The molecule has 0 spiro atoms. The monoisotopic (exact) mass is 469 g/mol. The minimum atomic E-state index is -4.98. The van der Waals surface area contributed by atoms with Crippen molar-refractivity contribution in [2.24, 2.45) is 0 Å². The molecule has 6 nitrogen and oxygen atoms in total. The molecule has 34 heavy (non-hydrogen) atoms. The number of hydrogen-bond acceptors (Lipinski definition) is 4. The molecule has 0 aliphatic rings. The topological polar surface area (TPSA) is 76.4 Å². The number of benzene rings is 3. The van der Waals surface area contributed by atoms with Gasteiger partial charge in [0, 0.05) is 5.39 Å². The van der Waals surface area contributed by atoms with Crippen LogP contribution in [0.25, 0.3) is 16.6 Å². The summed E-state index contributed by atoms with van der Waals surface area (Å²) in [5.41, 5.74) is 3.12. The fourth-order valence-corrected chi connectivity index (χ4v) is 3.61. The third-order valence-corrected chi connectivity index (χ3v) is 5.25. The van der Waals surface area contributed by atoms with Crippen LogP contribution in [0.1, 0.15) is 11.1 Å². The molecule has 0 saturated heterocycles. The van der Waals surface area contributed by atoms with E-state index in [1.54, 1.807) is 59.4 Å². The fraction of sp³-hybridized carbons (Fsp3) is 0.200. The van der Waals surface area contributed by atoms with Crippen molar-refractivity contribution in [2.75, 3.05) is 6.61 Å². The molecule has 2 N–H and O–H groups in total. The second-order valence-corrected chi connectivity index (χ2v) is 7.77. The van der Waals surface area contributed by atoms with Crippen molar-refractivity contribution in [1.82, 2.24) is 15.1 Å². The lowest BCUT2D eigenvalue weighted by Crippen LogP contribution is -2.46. The zero-order chi connectivity index (χ0) is 24.1. The summed E-state index contributed by atoms with van der Waals surface area (Å²) in [4.78, 5) is 11.5. The van der Waals surface area contributed by atoms with E-state index in [-0.39, 0.29) is 19.6 Å². The molecule has 1 amide bonds. The third kappa shape index (κ3) is 5.55. The van der Waals surface area contributed by atoms with Crippen LogP contribution >= 0.6 is 0 Å². The number of nitrogens with zero attached hydrogens (tertiary/aromatic N) is 2. The van der Waals surface area contributed by atoms with Crippen LogP contribution in [0.2, 0.25) is 0 Å². The minimum Gasteiger partial charge on any atom is -0.491 e. The van der Waals surface area contributed by atoms with Crippen LogP contribution in [0.5, 0.6) is 5.75 Å². The highest BCUT2D eigenvalue weighted by molar-refractivity contribution is 5.82. The molecule has 3 aromatic carbocycles. The minimum absolute atomic E-state index is 0.0833. The van der Waals surface area contributed by atoms with Gasteiger partial charge >= 0.3 is 12.1 Å². The summed E-state index contributed by atoms with van der Waals surface area (Å²) in [6, 6.07) is 20.6. The lowest BCUT2D eigenvalue weighted by molar-refractivity contribution is -0.174. The third-order valence-electron chi connectivity index (χ3n) is 5.25. The summed E-state index contributed by atoms with van der Waals surface area (Å²) < 4.78 is 45.9. The predicted molar refractivity (Wildman–Crippen MR) is 121 cm³/mol. The number of hydrogen-bond donors (Lipinski definition) is 2. The van der Waals surface area contributed by atoms with Gasteiger partial charge in [-0.15, -0.1) is 0 Å². The number of alkyl halides is 3. The molecule has 4 aromatic rings. The Hall–Kier alpha value is -3.85. The number of ether oxygens (including phenoxy) is 1. The molecule has 0 aliphatic carbocycles. The van der Waals surface area contributed by atoms with Crippen molar-refractivity contribution in [3.8, 4) is 11.4 Å². The second kappa shape index (κ2) is 9.96. The van der Waals surface area contributed by atoms with Gasteiger partial charge in [0.1, 0.15) is 12.4 Å². The highest BCUT2D eigenvalue weighted by Crippen LogP contribution is 2.24. The number of carbonyl (C=O) groups excluding carboxylic acids is 1. The molecule has 9 heteroatoms. The summed E-state index contributed by atoms with van der Waals surface area (Å²) >= 11 is 0. The summed E-state index contributed by atoms with van der Waals surface area (Å²) in [5.74, 6) is -1.56. The van der Waals surface area contributed by atoms with Gasteiger partial charge in [-0.25, -0.2) is 4.68 Å². The Labute approximate surface area is 193 Å². The summed E-state index contributed by atoms with van der Waals surface area (Å²) in [6.07, 6.45) is -3.14. The Kier molecular flexibility index (Phi) is 6.83. The molecule has 0 saturated carbocycles. The predicted octanol–water partition coefficient (Wildman–Crippen LogP) is 4.19. The number of halogens is 3. The van der Waals surface area contributed by atoms with E-state index in [0.717, 1.165) is 27.7 Å². The van der Waals surface area contributed by atoms with E-state index >= 15 is 0 Å². The smallest absolute Gasteiger partial charge is 0.471 e. The van der Waals surface area contributed by atoms with Crippen molar-refractivity contribution in [3.63, 3.8) is 0 Å². The number of fused-ring (bicyclic) bond motifs is 1. The summed E-state index contributed by atoms with van der Waals surface area (Å²) in [7, 11) is 0. The Bertz CT molecular complexity index is 1270. The van der Waals surface area contributed by atoms with E-state index in [1.165, 1.54) is 0 Å². The highest BCUT2D eigenvalue weighted by Gasteiger charge is 2.39. The van der Waals surface area contributed by atoms with Gasteiger partial charge in [-0.3, -0.25) is 4.79 Å². The van der Waals surface area contributed by atoms with Crippen LogP contribution in [-0.2, 0) is 17.8 Å². The number of carbonyl (C=O) groups is 1. The van der Waals surface area contributed by atoms with E-state index in [9.17, 15) is 23.1 Å². The first kappa shape index (κ1) is 23.3. The summed E-state index contributed by atoms with van der Waals surface area (Å²) in [5, 5.41) is 16.6. The van der Waals surface area contributed by atoms with E-state index in [2.05, 4.69) is 5.10 Å². The van der Waals surface area contributed by atoms with Gasteiger partial charge in [0.25, 0.3) is 0 Å². The van der Waals surface area contributed by atoms with Crippen LogP contribution in [0, 0.1) is 0 Å². The number of aliphatic hydroxyl groups is 1. The fourth-order valence-electron chi connectivity index (χ4n) is 3.61. The van der Waals surface area contributed by atoms with Gasteiger partial charge in [-0.2, -0.15) is 18.3 Å². The van der Waals surface area contributed by atoms with Gasteiger partial charge in [-0.1, -0.05) is 42.5 Å². The van der Waals surface area contributed by atoms with Crippen LogP contribution in [0.3, 0.4) is 0 Å². The van der Waals surface area contributed by atoms with Crippen LogP contribution in [-0.4, -0.2) is 39.6 Å². The standard InChI is InChI=1S/C25H22F3N3O3/c26-25(27,28)24(33)30-20(11-17-5-2-1-3-6-17)16-34-22-9-10-23-19(13-22)14-29-31(23)21-8-4-7-18(12-21)15-32/h1-10,12-14,20,32H,11,15-16H2,(H,30,33)/t20-/m0/s1. The Morgan fingerprint density at radius 3 is 2.53 bits per heavy atom. The lowest BCUT2D eigenvalue weighted by atomic mass is 10.1. The number of aromatic nitrogens is 2. The maximum absolute atomic E-state index is 12.8. The van der Waals surface area contributed by atoms with Crippen molar-refractivity contribution in [3.05, 3.63) is 90.1 Å². The molecule has 0 aliphatic heterocycles. The molecule has 0 fully saturated rings. The van der Waals surface area contributed by atoms with E-state index in [0.29, 0.717) is 5.75 Å². The molecule has 1 aromatic heterocycles. The number of nitrogens with one attached hydrogen (secondary N) is 1. The van der Waals surface area contributed by atoms with Crippen molar-refractivity contribution in [1.29, 1.82) is 0 Å². The largest absolute Gasteiger partial charge is 0.491 e. The SMILES string of the molecule is O=C(N[C@H](COc1ccc2c(cnn2-c2cccc(CO)c2)c1)Cc1ccccc1)C(F)(F)F. The number of amides is 1. The first-order chi connectivity index (χ1) is 16.3. The number of aliphatic hydroxyl groups excluding tert-OH is 1. The Balaban J connectivity index is 1.51. The Morgan fingerprint density at radius 1 is 1.03 bits per heavy atom. The zero-order valence-corrected chi connectivity index (χ0v) is 18.0. The van der Waals surface area contributed by atoms with Crippen molar-refractivity contribution >= 4 is 16.8 Å². The maximum atomic E-state index is 12.8. The second-order valence-electron chi connectivity index (χ2n) is 7.77. The van der Waals surface area contributed by atoms with Crippen LogP contribution in [0.15, 0.2) is 79.0 Å². The maximum Gasteiger partial charge on any atom is 0.471 e. The molecule has 0 unspecified atom stereocenters. The van der Waals surface area contributed by atoms with Crippen molar-refractivity contribution < 1.29 is 27.8 Å². The van der Waals surface area contributed by atoms with Gasteiger partial charge in [0.2, 0.25) is 0 Å². The molecule has 1 heterocycles. The highest BCUT2D eigenvalue weighted by atomic mass is 19.4. The molecule has 0 radical (unpaired) electrons. The van der Waals surface area contributed by atoms with E-state index in [4.69, 9.17) is 4.74 Å². The summed E-state index contributed by atoms with van der Waals surface area (Å²) in [6.45, 7) is -0.227. The molecule has 4 rings (SSSR count). The molecule has 0 bridgehead atoms. The quantitative estimate of drug-likeness (QED) is 0.406. The molecule has 1 atom stereocenters. The normalized spacial score (nSPS) is 12.5. The van der Waals surface area contributed by atoms with Crippen LogP contribution in [0.4, 0.5) is 13.2 Å². The van der Waals surface area contributed by atoms with Gasteiger partial charge < -0.3 is 15.2 Å². The average molecular weight is 469 g/mol. The number of rotatable bonds is 8. The zero-order valence-electron chi connectivity index (χ0n) is 18.0. The van der Waals surface area contributed by atoms with Gasteiger partial charge in [0.05, 0.1) is 30.0 Å². The van der Waals surface area contributed by atoms with E-state index < -0.39 is 18.1 Å². The molecular formula is C25H22F3N3O3. The van der Waals surface area contributed by atoms with E-state index in [1.807, 2.05) is 29.6 Å². The molecule has 176 valence electrons.